The van der Waals surface area contributed by atoms with E-state index in [-0.39, 0.29) is 24.2 Å². The topological polar surface area (TPSA) is 41.6 Å². The second-order valence-corrected chi connectivity index (χ2v) is 6.56. The Morgan fingerprint density at radius 2 is 2.37 bits per heavy atom. The first kappa shape index (κ1) is 13.1. The maximum absolute atomic E-state index is 12.5. The lowest BCUT2D eigenvalue weighted by molar-refractivity contribution is -0.132. The molecule has 1 amide bonds. The van der Waals surface area contributed by atoms with Gasteiger partial charge in [0, 0.05) is 16.4 Å². The number of thiophene rings is 1. The normalized spacial score (nSPS) is 31.4. The molecule has 2 saturated heterocycles. The number of nitrogens with zero attached hydrogens (tertiary/aromatic N) is 1. The van der Waals surface area contributed by atoms with Crippen molar-refractivity contribution in [2.45, 2.75) is 44.9 Å². The van der Waals surface area contributed by atoms with Gasteiger partial charge >= 0.3 is 0 Å². The zero-order valence-corrected chi connectivity index (χ0v) is 12.2. The lowest BCUT2D eigenvalue weighted by atomic mass is 10.2. The van der Waals surface area contributed by atoms with Crippen LogP contribution in [0.15, 0.2) is 12.1 Å². The molecule has 3 atom stereocenters. The summed E-state index contributed by atoms with van der Waals surface area (Å²) in [5.41, 5.74) is 0. The Balaban J connectivity index is 1.89. The van der Waals surface area contributed by atoms with E-state index in [2.05, 4.69) is 31.3 Å². The third-order valence-corrected chi connectivity index (χ3v) is 4.98. The van der Waals surface area contributed by atoms with Crippen molar-refractivity contribution in [3.8, 4) is 0 Å². The summed E-state index contributed by atoms with van der Waals surface area (Å²) in [5, 5.41) is 3.48. The Morgan fingerprint density at radius 1 is 1.53 bits per heavy atom. The van der Waals surface area contributed by atoms with Gasteiger partial charge in [-0.15, -0.1) is 11.3 Å². The smallest absolute Gasteiger partial charge is 0.241 e. The van der Waals surface area contributed by atoms with Crippen LogP contribution in [0, 0.1) is 6.92 Å². The first-order valence-corrected chi connectivity index (χ1v) is 7.74. The van der Waals surface area contributed by atoms with Crippen LogP contribution < -0.4 is 5.32 Å². The van der Waals surface area contributed by atoms with Crippen molar-refractivity contribution in [2.75, 3.05) is 13.2 Å². The van der Waals surface area contributed by atoms with Crippen molar-refractivity contribution in [2.24, 2.45) is 0 Å². The number of carbonyl (C=O) groups is 1. The second kappa shape index (κ2) is 5.23. The van der Waals surface area contributed by atoms with Crippen LogP contribution in [0.2, 0.25) is 0 Å². The van der Waals surface area contributed by atoms with E-state index >= 15 is 0 Å². The summed E-state index contributed by atoms with van der Waals surface area (Å²) in [6.45, 7) is 5.60. The van der Waals surface area contributed by atoms with Crippen LogP contribution in [0.1, 0.15) is 35.7 Å². The molecule has 4 nitrogen and oxygen atoms in total. The van der Waals surface area contributed by atoms with Gasteiger partial charge in [0.25, 0.3) is 0 Å². The maximum Gasteiger partial charge on any atom is 0.241 e. The maximum atomic E-state index is 12.5. The molecule has 2 fully saturated rings. The van der Waals surface area contributed by atoms with Crippen LogP contribution in [-0.4, -0.2) is 36.1 Å². The van der Waals surface area contributed by atoms with Crippen LogP contribution in [0.25, 0.3) is 0 Å². The monoisotopic (exact) mass is 280 g/mol. The highest BCUT2D eigenvalue weighted by molar-refractivity contribution is 7.12. The second-order valence-electron chi connectivity index (χ2n) is 5.24. The third kappa shape index (κ3) is 2.30. The molecule has 0 aliphatic carbocycles. The fraction of sp³-hybridized carbons (Fsp3) is 0.643. The Bertz CT molecular complexity index is 468. The molecule has 2 aliphatic rings. The number of amides is 1. The molecule has 1 N–H and O–H groups in total. The Morgan fingerprint density at radius 3 is 2.95 bits per heavy atom. The van der Waals surface area contributed by atoms with E-state index in [9.17, 15) is 4.79 Å². The molecule has 0 spiro atoms. The van der Waals surface area contributed by atoms with Crippen molar-refractivity contribution in [1.82, 2.24) is 10.2 Å². The molecule has 0 aromatic carbocycles. The van der Waals surface area contributed by atoms with Crippen LogP contribution in [0.5, 0.6) is 0 Å². The van der Waals surface area contributed by atoms with Crippen molar-refractivity contribution in [3.05, 3.63) is 21.9 Å². The highest BCUT2D eigenvalue weighted by atomic mass is 32.1. The minimum atomic E-state index is -0.0481. The molecule has 2 aliphatic heterocycles. The minimum Gasteiger partial charge on any atom is -0.379 e. The van der Waals surface area contributed by atoms with E-state index in [0.717, 1.165) is 19.4 Å². The van der Waals surface area contributed by atoms with Gasteiger partial charge in [-0.25, -0.2) is 0 Å². The van der Waals surface area contributed by atoms with E-state index in [1.165, 1.54) is 9.75 Å². The fourth-order valence-corrected chi connectivity index (χ4v) is 3.83. The molecule has 5 heteroatoms. The predicted molar refractivity (Wildman–Crippen MR) is 75.1 cm³/mol. The molecule has 3 unspecified atom stereocenters. The molecule has 3 heterocycles. The largest absolute Gasteiger partial charge is 0.379 e. The zero-order valence-electron chi connectivity index (χ0n) is 11.4. The molecular formula is C14H20N2O2S. The SMILES string of the molecule is CCC1NC(c2ccc(C)s2)N(C2CCOC2)C1=O. The van der Waals surface area contributed by atoms with E-state index in [4.69, 9.17) is 4.74 Å². The van der Waals surface area contributed by atoms with Crippen molar-refractivity contribution in [3.63, 3.8) is 0 Å². The molecule has 104 valence electrons. The first-order chi connectivity index (χ1) is 9.20. The summed E-state index contributed by atoms with van der Waals surface area (Å²) >= 11 is 1.76. The number of hydrogen-bond donors (Lipinski definition) is 1. The molecule has 1 aromatic heterocycles. The fourth-order valence-electron chi connectivity index (χ4n) is 2.89. The lowest BCUT2D eigenvalue weighted by Crippen LogP contribution is -2.40. The summed E-state index contributed by atoms with van der Waals surface area (Å²) < 4.78 is 5.46. The van der Waals surface area contributed by atoms with Crippen molar-refractivity contribution < 1.29 is 9.53 Å². The van der Waals surface area contributed by atoms with Gasteiger partial charge in [0.1, 0.15) is 6.17 Å². The van der Waals surface area contributed by atoms with Crippen molar-refractivity contribution >= 4 is 17.2 Å². The van der Waals surface area contributed by atoms with Gasteiger partial charge in [0.15, 0.2) is 0 Å². The zero-order chi connectivity index (χ0) is 13.4. The van der Waals surface area contributed by atoms with Crippen LogP contribution in [-0.2, 0) is 9.53 Å². The summed E-state index contributed by atoms with van der Waals surface area (Å²) in [7, 11) is 0. The summed E-state index contributed by atoms with van der Waals surface area (Å²) in [4.78, 5) is 17.1. The molecule has 0 saturated carbocycles. The van der Waals surface area contributed by atoms with Gasteiger partial charge in [-0.05, 0) is 31.9 Å². The van der Waals surface area contributed by atoms with Crippen LogP contribution in [0.3, 0.4) is 0 Å². The van der Waals surface area contributed by atoms with E-state index < -0.39 is 0 Å². The number of carbonyl (C=O) groups excluding carboxylic acids is 1. The molecular weight excluding hydrogens is 260 g/mol. The molecule has 0 radical (unpaired) electrons. The average molecular weight is 280 g/mol. The van der Waals surface area contributed by atoms with Crippen LogP contribution >= 0.6 is 11.3 Å². The molecule has 0 bridgehead atoms. The molecule has 1 aromatic rings. The van der Waals surface area contributed by atoms with Gasteiger partial charge in [-0.3, -0.25) is 10.1 Å². The van der Waals surface area contributed by atoms with E-state index in [1.807, 2.05) is 4.90 Å². The number of rotatable bonds is 3. The number of hydrogen-bond acceptors (Lipinski definition) is 4. The predicted octanol–water partition coefficient (Wildman–Crippen LogP) is 2.05. The first-order valence-electron chi connectivity index (χ1n) is 6.93. The summed E-state index contributed by atoms with van der Waals surface area (Å²) in [6.07, 6.45) is 1.82. The lowest BCUT2D eigenvalue weighted by Gasteiger charge is -2.28. The van der Waals surface area contributed by atoms with E-state index in [0.29, 0.717) is 6.61 Å². The van der Waals surface area contributed by atoms with Crippen molar-refractivity contribution in [1.29, 1.82) is 0 Å². The minimum absolute atomic E-state index is 0.0304. The summed E-state index contributed by atoms with van der Waals surface area (Å²) in [6, 6.07) is 4.43. The van der Waals surface area contributed by atoms with Gasteiger partial charge < -0.3 is 9.64 Å². The number of aryl methyl sites for hydroxylation is 1. The Kier molecular flexibility index (Phi) is 3.60. The standard InChI is InChI=1S/C14H20N2O2S/c1-3-11-14(17)16(10-6-7-18-8-10)13(15-11)12-5-4-9(2)19-12/h4-5,10-11,13,15H,3,6-8H2,1-2H3. The van der Waals surface area contributed by atoms with Gasteiger partial charge in [-0.2, -0.15) is 0 Å². The van der Waals surface area contributed by atoms with Crippen LogP contribution in [0.4, 0.5) is 0 Å². The average Bonchev–Trinajstić information content (AvgIpc) is 3.08. The highest BCUT2D eigenvalue weighted by Crippen LogP contribution is 2.34. The molecule has 19 heavy (non-hydrogen) atoms. The molecule has 3 rings (SSSR count). The summed E-state index contributed by atoms with van der Waals surface area (Å²) in [5.74, 6) is 0.231. The number of nitrogens with one attached hydrogen (secondary N) is 1. The van der Waals surface area contributed by atoms with Gasteiger partial charge in [-0.1, -0.05) is 6.92 Å². The van der Waals surface area contributed by atoms with Gasteiger partial charge in [0.2, 0.25) is 5.91 Å². The quantitative estimate of drug-likeness (QED) is 0.921. The van der Waals surface area contributed by atoms with E-state index in [1.54, 1.807) is 11.3 Å². The third-order valence-electron chi connectivity index (χ3n) is 3.93. The Labute approximate surface area is 117 Å². The number of ether oxygens (including phenoxy) is 1. The Hall–Kier alpha value is -0.910. The highest BCUT2D eigenvalue weighted by Gasteiger charge is 2.43. The van der Waals surface area contributed by atoms with Gasteiger partial charge in [0.05, 0.1) is 18.7 Å².